The van der Waals surface area contributed by atoms with Crippen LogP contribution in [0.2, 0.25) is 0 Å². The average Bonchev–Trinajstić information content (AvgIpc) is 2.37. The van der Waals surface area contributed by atoms with Crippen LogP contribution >= 0.6 is 0 Å². The van der Waals surface area contributed by atoms with Crippen LogP contribution in [0.5, 0.6) is 0 Å². The molecule has 0 aliphatic carbocycles. The Morgan fingerprint density at radius 1 is 1.14 bits per heavy atom. The minimum absolute atomic E-state index is 0.185. The number of piperidine rings is 1. The molecular weight excluding hydrogens is 288 g/mol. The van der Waals surface area contributed by atoms with E-state index in [1.165, 1.54) is 6.42 Å². The van der Waals surface area contributed by atoms with Crippen LogP contribution in [0.1, 0.15) is 33.1 Å². The largest absolute Gasteiger partial charge is 0.341 e. The van der Waals surface area contributed by atoms with E-state index in [-0.39, 0.29) is 23.5 Å². The van der Waals surface area contributed by atoms with Gasteiger partial charge in [0.25, 0.3) is 0 Å². The Hall–Kier alpha value is -0.620. The zero-order chi connectivity index (χ0) is 15.6. The van der Waals surface area contributed by atoms with Gasteiger partial charge in [-0.2, -0.15) is 0 Å². The number of rotatable bonds is 3. The van der Waals surface area contributed by atoms with E-state index >= 15 is 0 Å². The van der Waals surface area contributed by atoms with Gasteiger partial charge in [-0.05, 0) is 38.1 Å². The van der Waals surface area contributed by atoms with Gasteiger partial charge >= 0.3 is 0 Å². The quantitative estimate of drug-likeness (QED) is 0.779. The van der Waals surface area contributed by atoms with Crippen molar-refractivity contribution in [3.05, 3.63) is 0 Å². The van der Waals surface area contributed by atoms with E-state index < -0.39 is 9.84 Å². The Morgan fingerprint density at radius 3 is 2.19 bits per heavy atom. The second kappa shape index (κ2) is 6.65. The molecule has 2 atom stereocenters. The van der Waals surface area contributed by atoms with Crippen molar-refractivity contribution in [2.24, 2.45) is 11.8 Å². The standard InChI is InChI=1S/C15H28N2O3S/c1-12-8-13(2)10-17(9-12)15(18)11-16(3)14-4-6-21(19,20)7-5-14/h12-14H,4-11H2,1-3H3/t12-,13+. The second-order valence-electron chi connectivity index (χ2n) is 7.04. The molecule has 2 rings (SSSR count). The average molecular weight is 316 g/mol. The number of sulfone groups is 1. The zero-order valence-corrected chi connectivity index (χ0v) is 14.2. The summed E-state index contributed by atoms with van der Waals surface area (Å²) < 4.78 is 22.9. The third kappa shape index (κ3) is 4.68. The molecule has 0 aromatic heterocycles. The van der Waals surface area contributed by atoms with Gasteiger partial charge in [0.15, 0.2) is 0 Å². The van der Waals surface area contributed by atoms with Gasteiger partial charge in [-0.15, -0.1) is 0 Å². The summed E-state index contributed by atoms with van der Waals surface area (Å²) in [5.41, 5.74) is 0. The maximum atomic E-state index is 12.4. The van der Waals surface area contributed by atoms with Crippen LogP contribution in [-0.2, 0) is 14.6 Å². The van der Waals surface area contributed by atoms with Crippen molar-refractivity contribution in [1.29, 1.82) is 0 Å². The number of likely N-dealkylation sites (N-methyl/N-ethyl adjacent to an activating group) is 1. The molecule has 2 heterocycles. The highest BCUT2D eigenvalue weighted by Crippen LogP contribution is 2.22. The lowest BCUT2D eigenvalue weighted by Gasteiger charge is -2.37. The third-order valence-corrected chi connectivity index (χ3v) is 6.47. The van der Waals surface area contributed by atoms with Crippen LogP contribution in [0, 0.1) is 11.8 Å². The van der Waals surface area contributed by atoms with Crippen LogP contribution < -0.4 is 0 Å². The van der Waals surface area contributed by atoms with Gasteiger partial charge in [0.05, 0.1) is 18.1 Å². The molecule has 0 aromatic rings. The number of hydrogen-bond donors (Lipinski definition) is 0. The molecule has 0 N–H and O–H groups in total. The summed E-state index contributed by atoms with van der Waals surface area (Å²) >= 11 is 0. The van der Waals surface area contributed by atoms with Gasteiger partial charge in [0.2, 0.25) is 5.91 Å². The SMILES string of the molecule is C[C@@H]1C[C@H](C)CN(C(=O)CN(C)C2CCS(=O)(=O)CC2)C1. The van der Waals surface area contributed by atoms with Gasteiger partial charge in [0.1, 0.15) is 9.84 Å². The van der Waals surface area contributed by atoms with E-state index in [0.717, 1.165) is 13.1 Å². The molecule has 2 saturated heterocycles. The lowest BCUT2D eigenvalue weighted by atomic mass is 9.92. The number of likely N-dealkylation sites (tertiary alicyclic amines) is 1. The molecule has 2 fully saturated rings. The molecule has 1 amide bonds. The van der Waals surface area contributed by atoms with Gasteiger partial charge in [-0.25, -0.2) is 8.42 Å². The van der Waals surface area contributed by atoms with Crippen LogP contribution in [0.15, 0.2) is 0 Å². The van der Waals surface area contributed by atoms with Gasteiger partial charge in [-0.3, -0.25) is 9.69 Å². The molecule has 0 radical (unpaired) electrons. The highest BCUT2D eigenvalue weighted by molar-refractivity contribution is 7.91. The number of hydrogen-bond acceptors (Lipinski definition) is 4. The summed E-state index contributed by atoms with van der Waals surface area (Å²) in [6.07, 6.45) is 2.50. The Kier molecular flexibility index (Phi) is 5.30. The molecule has 2 aliphatic rings. The van der Waals surface area contributed by atoms with Gasteiger partial charge in [0, 0.05) is 19.1 Å². The maximum Gasteiger partial charge on any atom is 0.236 e. The first-order valence-electron chi connectivity index (χ1n) is 7.95. The molecule has 2 aliphatic heterocycles. The summed E-state index contributed by atoms with van der Waals surface area (Å²) in [5, 5.41) is 0. The van der Waals surface area contributed by atoms with E-state index in [2.05, 4.69) is 13.8 Å². The lowest BCUT2D eigenvalue weighted by molar-refractivity contribution is -0.135. The second-order valence-corrected chi connectivity index (χ2v) is 9.35. The Bertz CT molecular complexity index is 453. The fourth-order valence-corrected chi connectivity index (χ4v) is 5.09. The van der Waals surface area contributed by atoms with Crippen LogP contribution in [0.3, 0.4) is 0 Å². The van der Waals surface area contributed by atoms with Crippen molar-refractivity contribution >= 4 is 15.7 Å². The number of amides is 1. The summed E-state index contributed by atoms with van der Waals surface area (Å²) in [6.45, 7) is 6.52. The van der Waals surface area contributed by atoms with E-state index in [0.29, 0.717) is 31.2 Å². The van der Waals surface area contributed by atoms with Crippen molar-refractivity contribution in [2.45, 2.75) is 39.2 Å². The smallest absolute Gasteiger partial charge is 0.236 e. The number of nitrogens with zero attached hydrogens (tertiary/aromatic N) is 2. The van der Waals surface area contributed by atoms with Gasteiger partial charge in [-0.1, -0.05) is 13.8 Å². The predicted octanol–water partition coefficient (Wildman–Crippen LogP) is 1.000. The highest BCUT2D eigenvalue weighted by atomic mass is 32.2. The Balaban J connectivity index is 1.84. The summed E-state index contributed by atoms with van der Waals surface area (Å²) in [4.78, 5) is 16.5. The minimum Gasteiger partial charge on any atom is -0.341 e. The summed E-state index contributed by atoms with van der Waals surface area (Å²) in [5.74, 6) is 1.84. The number of carbonyl (C=O) groups excluding carboxylic acids is 1. The van der Waals surface area contributed by atoms with E-state index in [4.69, 9.17) is 0 Å². The van der Waals surface area contributed by atoms with Crippen molar-refractivity contribution < 1.29 is 13.2 Å². The zero-order valence-electron chi connectivity index (χ0n) is 13.4. The molecule has 0 bridgehead atoms. The summed E-state index contributed by atoms with van der Waals surface area (Å²) in [6, 6.07) is 0.220. The number of carbonyl (C=O) groups is 1. The van der Waals surface area contributed by atoms with Crippen LogP contribution in [0.25, 0.3) is 0 Å². The fraction of sp³-hybridized carbons (Fsp3) is 0.933. The van der Waals surface area contributed by atoms with Crippen LogP contribution in [-0.4, -0.2) is 68.4 Å². The fourth-order valence-electron chi connectivity index (χ4n) is 3.63. The van der Waals surface area contributed by atoms with Crippen molar-refractivity contribution in [1.82, 2.24) is 9.80 Å². The monoisotopic (exact) mass is 316 g/mol. The lowest BCUT2D eigenvalue weighted by Crippen LogP contribution is -2.49. The van der Waals surface area contributed by atoms with Crippen LogP contribution in [0.4, 0.5) is 0 Å². The molecule has 0 spiro atoms. The molecule has 0 unspecified atom stereocenters. The Labute approximate surface area is 128 Å². The highest BCUT2D eigenvalue weighted by Gasteiger charge is 2.30. The normalized spacial score (nSPS) is 30.6. The Morgan fingerprint density at radius 2 is 1.67 bits per heavy atom. The summed E-state index contributed by atoms with van der Waals surface area (Å²) in [7, 11) is -0.893. The minimum atomic E-state index is -2.83. The van der Waals surface area contributed by atoms with Crippen molar-refractivity contribution in [2.75, 3.05) is 38.2 Å². The predicted molar refractivity (Wildman–Crippen MR) is 83.8 cm³/mol. The first kappa shape index (κ1) is 16.7. The maximum absolute atomic E-state index is 12.4. The van der Waals surface area contributed by atoms with Gasteiger partial charge < -0.3 is 4.90 Å². The van der Waals surface area contributed by atoms with Crippen molar-refractivity contribution in [3.63, 3.8) is 0 Å². The van der Waals surface area contributed by atoms with Crippen molar-refractivity contribution in [3.8, 4) is 0 Å². The molecule has 6 heteroatoms. The third-order valence-electron chi connectivity index (χ3n) is 4.75. The first-order valence-corrected chi connectivity index (χ1v) is 9.77. The molecule has 122 valence electrons. The topological polar surface area (TPSA) is 57.7 Å². The molecule has 21 heavy (non-hydrogen) atoms. The molecular formula is C15H28N2O3S. The molecule has 0 aromatic carbocycles. The first-order chi connectivity index (χ1) is 9.77. The van der Waals surface area contributed by atoms with E-state index in [1.807, 2.05) is 16.8 Å². The molecule has 5 nitrogen and oxygen atoms in total. The molecule has 0 saturated carbocycles. The van der Waals surface area contributed by atoms with E-state index in [9.17, 15) is 13.2 Å². The van der Waals surface area contributed by atoms with E-state index in [1.54, 1.807) is 0 Å².